The van der Waals surface area contributed by atoms with Gasteiger partial charge in [-0.3, -0.25) is 0 Å². The van der Waals surface area contributed by atoms with Crippen LogP contribution in [0, 0.1) is 5.82 Å². The van der Waals surface area contributed by atoms with E-state index in [-0.39, 0.29) is 11.3 Å². The van der Waals surface area contributed by atoms with Crippen molar-refractivity contribution in [3.05, 3.63) is 29.6 Å². The number of carboxylic acids is 1. The Morgan fingerprint density at radius 1 is 1.35 bits per heavy atom. The standard InChI is InChI=1S/C13H18FNO2/c1-2-3-4-5-9-15-11-8-6-7-10(12(11)14)13(16)17/h6-8,15H,2-5,9H2,1H3,(H,16,17). The number of carbonyl (C=O) groups is 1. The van der Waals surface area contributed by atoms with E-state index < -0.39 is 11.8 Å². The summed E-state index contributed by atoms with van der Waals surface area (Å²) in [5.74, 6) is -1.92. The summed E-state index contributed by atoms with van der Waals surface area (Å²) >= 11 is 0. The molecule has 0 aliphatic rings. The van der Waals surface area contributed by atoms with Gasteiger partial charge in [-0.2, -0.15) is 0 Å². The molecule has 0 saturated carbocycles. The van der Waals surface area contributed by atoms with E-state index in [1.54, 1.807) is 12.1 Å². The van der Waals surface area contributed by atoms with Crippen molar-refractivity contribution >= 4 is 11.7 Å². The van der Waals surface area contributed by atoms with Crippen LogP contribution in [0.5, 0.6) is 0 Å². The number of benzene rings is 1. The molecule has 2 N–H and O–H groups in total. The van der Waals surface area contributed by atoms with Crippen LogP contribution in [0.1, 0.15) is 43.0 Å². The monoisotopic (exact) mass is 239 g/mol. The summed E-state index contributed by atoms with van der Waals surface area (Å²) in [4.78, 5) is 10.7. The minimum Gasteiger partial charge on any atom is -0.478 e. The van der Waals surface area contributed by atoms with Crippen molar-refractivity contribution in [2.45, 2.75) is 32.6 Å². The van der Waals surface area contributed by atoms with Gasteiger partial charge in [-0.1, -0.05) is 32.3 Å². The Hall–Kier alpha value is -1.58. The predicted octanol–water partition coefficient (Wildman–Crippen LogP) is 3.52. The molecule has 94 valence electrons. The first kappa shape index (κ1) is 13.5. The van der Waals surface area contributed by atoms with Crippen LogP contribution in [-0.2, 0) is 0 Å². The Kier molecular flexibility index (Phi) is 5.46. The third-order valence-corrected chi connectivity index (χ3v) is 2.57. The zero-order valence-corrected chi connectivity index (χ0v) is 10.0. The molecule has 0 heterocycles. The van der Waals surface area contributed by atoms with Crippen LogP contribution >= 0.6 is 0 Å². The molecule has 0 atom stereocenters. The van der Waals surface area contributed by atoms with Crippen molar-refractivity contribution in [1.82, 2.24) is 0 Å². The van der Waals surface area contributed by atoms with Gasteiger partial charge in [-0.25, -0.2) is 9.18 Å². The summed E-state index contributed by atoms with van der Waals surface area (Å²) < 4.78 is 13.7. The van der Waals surface area contributed by atoms with Gasteiger partial charge in [0.25, 0.3) is 0 Å². The molecule has 0 spiro atoms. The third-order valence-electron chi connectivity index (χ3n) is 2.57. The van der Waals surface area contributed by atoms with Crippen LogP contribution in [0.2, 0.25) is 0 Å². The maximum atomic E-state index is 13.7. The van der Waals surface area contributed by atoms with Gasteiger partial charge in [-0.15, -0.1) is 0 Å². The van der Waals surface area contributed by atoms with Crippen molar-refractivity contribution in [3.8, 4) is 0 Å². The van der Waals surface area contributed by atoms with Gasteiger partial charge in [0.2, 0.25) is 0 Å². The highest BCUT2D eigenvalue weighted by Gasteiger charge is 2.12. The molecular weight excluding hydrogens is 221 g/mol. The second-order valence-corrected chi connectivity index (χ2v) is 3.96. The van der Waals surface area contributed by atoms with Crippen molar-refractivity contribution in [1.29, 1.82) is 0 Å². The van der Waals surface area contributed by atoms with Crippen molar-refractivity contribution in [2.24, 2.45) is 0 Å². The largest absolute Gasteiger partial charge is 0.478 e. The van der Waals surface area contributed by atoms with E-state index in [9.17, 15) is 9.18 Å². The van der Waals surface area contributed by atoms with Crippen molar-refractivity contribution in [3.63, 3.8) is 0 Å². The highest BCUT2D eigenvalue weighted by Crippen LogP contribution is 2.18. The molecule has 0 aliphatic heterocycles. The predicted molar refractivity (Wildman–Crippen MR) is 66.0 cm³/mol. The highest BCUT2D eigenvalue weighted by molar-refractivity contribution is 5.89. The fourth-order valence-corrected chi connectivity index (χ4v) is 1.61. The lowest BCUT2D eigenvalue weighted by atomic mass is 10.1. The topological polar surface area (TPSA) is 49.3 Å². The molecule has 0 aliphatic carbocycles. The summed E-state index contributed by atoms with van der Waals surface area (Å²) in [6.07, 6.45) is 4.39. The Morgan fingerprint density at radius 3 is 2.76 bits per heavy atom. The second-order valence-electron chi connectivity index (χ2n) is 3.96. The van der Waals surface area contributed by atoms with E-state index >= 15 is 0 Å². The van der Waals surface area contributed by atoms with E-state index in [1.165, 1.54) is 12.5 Å². The fraction of sp³-hybridized carbons (Fsp3) is 0.462. The second kappa shape index (κ2) is 6.89. The average molecular weight is 239 g/mol. The smallest absolute Gasteiger partial charge is 0.338 e. The molecule has 0 radical (unpaired) electrons. The molecule has 3 nitrogen and oxygen atoms in total. The third kappa shape index (κ3) is 4.06. The number of anilines is 1. The number of carboxylic acid groups (broad SMARTS) is 1. The quantitative estimate of drug-likeness (QED) is 0.716. The molecule has 0 bridgehead atoms. The number of rotatable bonds is 7. The SMILES string of the molecule is CCCCCCNc1cccc(C(=O)O)c1F. The van der Waals surface area contributed by atoms with Gasteiger partial charge < -0.3 is 10.4 Å². The molecule has 1 aromatic rings. The van der Waals surface area contributed by atoms with E-state index in [4.69, 9.17) is 5.11 Å². The molecule has 0 amide bonds. The van der Waals surface area contributed by atoms with Gasteiger partial charge in [-0.05, 0) is 18.6 Å². The van der Waals surface area contributed by atoms with Crippen molar-refractivity contribution < 1.29 is 14.3 Å². The van der Waals surface area contributed by atoms with Crippen LogP contribution in [-0.4, -0.2) is 17.6 Å². The van der Waals surface area contributed by atoms with Crippen LogP contribution in [0.25, 0.3) is 0 Å². The van der Waals surface area contributed by atoms with Crippen LogP contribution in [0.3, 0.4) is 0 Å². The number of hydrogen-bond acceptors (Lipinski definition) is 2. The first-order valence-electron chi connectivity index (χ1n) is 5.92. The maximum Gasteiger partial charge on any atom is 0.338 e. The van der Waals surface area contributed by atoms with Gasteiger partial charge >= 0.3 is 5.97 Å². The highest BCUT2D eigenvalue weighted by atomic mass is 19.1. The summed E-state index contributed by atoms with van der Waals surface area (Å²) in [5.41, 5.74) is -0.0232. The lowest BCUT2D eigenvalue weighted by Crippen LogP contribution is -2.07. The number of hydrogen-bond donors (Lipinski definition) is 2. The summed E-state index contributed by atoms with van der Waals surface area (Å²) in [6.45, 7) is 2.80. The van der Waals surface area contributed by atoms with Gasteiger partial charge in [0.15, 0.2) is 5.82 Å². The van der Waals surface area contributed by atoms with Gasteiger partial charge in [0, 0.05) is 6.54 Å². The Morgan fingerprint density at radius 2 is 2.12 bits per heavy atom. The van der Waals surface area contributed by atoms with Crippen LogP contribution < -0.4 is 5.32 Å². The summed E-state index contributed by atoms with van der Waals surface area (Å²) in [6, 6.07) is 4.36. The first-order valence-corrected chi connectivity index (χ1v) is 5.92. The molecule has 0 aromatic heterocycles. The molecular formula is C13H18FNO2. The van der Waals surface area contributed by atoms with Crippen molar-refractivity contribution in [2.75, 3.05) is 11.9 Å². The van der Waals surface area contributed by atoms with E-state index in [0.29, 0.717) is 6.54 Å². The lowest BCUT2D eigenvalue weighted by molar-refractivity contribution is 0.0692. The maximum absolute atomic E-state index is 13.7. The summed E-state index contributed by atoms with van der Waals surface area (Å²) in [5, 5.41) is 11.7. The fourth-order valence-electron chi connectivity index (χ4n) is 1.61. The first-order chi connectivity index (χ1) is 8.16. The Labute approximate surface area is 101 Å². The van der Waals surface area contributed by atoms with Crippen LogP contribution in [0.15, 0.2) is 18.2 Å². The zero-order valence-electron chi connectivity index (χ0n) is 10.0. The average Bonchev–Trinajstić information content (AvgIpc) is 2.30. The normalized spacial score (nSPS) is 10.2. The molecule has 0 fully saturated rings. The van der Waals surface area contributed by atoms with E-state index in [1.807, 2.05) is 0 Å². The van der Waals surface area contributed by atoms with E-state index in [0.717, 1.165) is 19.3 Å². The molecule has 0 saturated heterocycles. The molecule has 17 heavy (non-hydrogen) atoms. The van der Waals surface area contributed by atoms with Gasteiger partial charge in [0.1, 0.15) is 0 Å². The number of nitrogens with one attached hydrogen (secondary N) is 1. The zero-order chi connectivity index (χ0) is 12.7. The molecule has 1 rings (SSSR count). The van der Waals surface area contributed by atoms with Gasteiger partial charge in [0.05, 0.1) is 11.3 Å². The number of unbranched alkanes of at least 4 members (excludes halogenated alkanes) is 3. The Bertz CT molecular complexity index is 380. The molecule has 0 unspecified atom stereocenters. The molecule has 4 heteroatoms. The molecule has 1 aromatic carbocycles. The Balaban J connectivity index is 2.54. The minimum atomic E-state index is -1.24. The minimum absolute atomic E-state index is 0.265. The van der Waals surface area contributed by atoms with Crippen LogP contribution in [0.4, 0.5) is 10.1 Å². The number of halogens is 1. The summed E-state index contributed by atoms with van der Waals surface area (Å²) in [7, 11) is 0. The number of aromatic carboxylic acids is 1. The lowest BCUT2D eigenvalue weighted by Gasteiger charge is -2.08. The van der Waals surface area contributed by atoms with E-state index in [2.05, 4.69) is 12.2 Å².